The molecule has 1 aromatic carbocycles. The van der Waals surface area contributed by atoms with Gasteiger partial charge in [-0.2, -0.15) is 0 Å². The van der Waals surface area contributed by atoms with E-state index in [-0.39, 0.29) is 17.2 Å². The van der Waals surface area contributed by atoms with E-state index >= 15 is 0 Å². The lowest BCUT2D eigenvalue weighted by atomic mass is 10.2. The van der Waals surface area contributed by atoms with Crippen molar-refractivity contribution in [3.05, 3.63) is 53.5 Å². The van der Waals surface area contributed by atoms with Crippen LogP contribution >= 0.6 is 0 Å². The number of halogens is 1. The molecule has 0 fully saturated rings. The molecular formula is C13H9FN2O4. The summed E-state index contributed by atoms with van der Waals surface area (Å²) in [6, 6.07) is 6.33. The molecular weight excluding hydrogens is 267 g/mol. The van der Waals surface area contributed by atoms with Gasteiger partial charge in [-0.05, 0) is 24.3 Å². The fraction of sp³-hybridized carbons (Fsp3) is 0. The maximum atomic E-state index is 13.5. The second kappa shape index (κ2) is 5.35. The van der Waals surface area contributed by atoms with E-state index in [9.17, 15) is 14.0 Å². The number of carboxylic acids is 1. The molecule has 2 rings (SSSR count). The standard InChI is InChI=1S/C13H9FN2O4/c14-8-4-1-5-9(10(8)11(15)17)20-12-7(13(18)19)3-2-6-16-12/h1-6H,(H2,15,17)(H,18,19). The molecule has 0 radical (unpaired) electrons. The molecule has 3 N–H and O–H groups in total. The van der Waals surface area contributed by atoms with Crippen molar-refractivity contribution in [3.63, 3.8) is 0 Å². The number of carboxylic acid groups (broad SMARTS) is 1. The number of aromatic carboxylic acids is 1. The number of carbonyl (C=O) groups is 2. The number of carbonyl (C=O) groups excluding carboxylic acids is 1. The van der Waals surface area contributed by atoms with E-state index in [0.717, 1.165) is 6.07 Å². The van der Waals surface area contributed by atoms with Gasteiger partial charge >= 0.3 is 5.97 Å². The second-order valence-corrected chi connectivity index (χ2v) is 3.74. The molecule has 0 aliphatic heterocycles. The Balaban J connectivity index is 2.49. The summed E-state index contributed by atoms with van der Waals surface area (Å²) in [5, 5.41) is 8.99. The van der Waals surface area contributed by atoms with Crippen LogP contribution in [0.1, 0.15) is 20.7 Å². The maximum Gasteiger partial charge on any atom is 0.341 e. The van der Waals surface area contributed by atoms with Crippen LogP contribution in [0.3, 0.4) is 0 Å². The highest BCUT2D eigenvalue weighted by Crippen LogP contribution is 2.27. The molecule has 20 heavy (non-hydrogen) atoms. The first-order valence-corrected chi connectivity index (χ1v) is 5.45. The predicted octanol–water partition coefficient (Wildman–Crippen LogP) is 1.81. The Kier molecular flexibility index (Phi) is 3.60. The number of amides is 1. The minimum atomic E-state index is -1.26. The number of ether oxygens (including phenoxy) is 1. The summed E-state index contributed by atoms with van der Waals surface area (Å²) >= 11 is 0. The fourth-order valence-electron chi connectivity index (χ4n) is 1.57. The average molecular weight is 276 g/mol. The third kappa shape index (κ3) is 2.56. The number of pyridine rings is 1. The van der Waals surface area contributed by atoms with Crippen molar-refractivity contribution in [2.75, 3.05) is 0 Å². The Morgan fingerprint density at radius 2 is 2.00 bits per heavy atom. The molecule has 0 bridgehead atoms. The lowest BCUT2D eigenvalue weighted by molar-refractivity contribution is 0.0693. The SMILES string of the molecule is NC(=O)c1c(F)cccc1Oc1ncccc1C(=O)O. The fourth-order valence-corrected chi connectivity index (χ4v) is 1.57. The van der Waals surface area contributed by atoms with Crippen LogP contribution in [0.2, 0.25) is 0 Å². The van der Waals surface area contributed by atoms with Crippen molar-refractivity contribution >= 4 is 11.9 Å². The van der Waals surface area contributed by atoms with E-state index in [1.165, 1.54) is 30.5 Å². The maximum absolute atomic E-state index is 13.5. The van der Waals surface area contributed by atoms with Gasteiger partial charge in [-0.25, -0.2) is 14.2 Å². The van der Waals surface area contributed by atoms with Crippen molar-refractivity contribution in [1.82, 2.24) is 4.98 Å². The van der Waals surface area contributed by atoms with Crippen LogP contribution in [0.25, 0.3) is 0 Å². The molecule has 102 valence electrons. The molecule has 2 aromatic rings. The minimum Gasteiger partial charge on any atom is -0.477 e. The van der Waals surface area contributed by atoms with Crippen LogP contribution < -0.4 is 10.5 Å². The first kappa shape index (κ1) is 13.5. The van der Waals surface area contributed by atoms with Gasteiger partial charge in [0.05, 0.1) is 0 Å². The van der Waals surface area contributed by atoms with Crippen molar-refractivity contribution < 1.29 is 23.8 Å². The Morgan fingerprint density at radius 3 is 2.65 bits per heavy atom. The topological polar surface area (TPSA) is 103 Å². The smallest absolute Gasteiger partial charge is 0.341 e. The molecule has 7 heteroatoms. The van der Waals surface area contributed by atoms with Gasteiger partial charge in [-0.15, -0.1) is 0 Å². The minimum absolute atomic E-state index is 0.196. The van der Waals surface area contributed by atoms with Gasteiger partial charge in [0.1, 0.15) is 22.7 Å². The number of aromatic nitrogens is 1. The summed E-state index contributed by atoms with van der Waals surface area (Å²) in [6.07, 6.45) is 1.31. The summed E-state index contributed by atoms with van der Waals surface area (Å²) in [6.45, 7) is 0. The number of benzene rings is 1. The van der Waals surface area contributed by atoms with E-state index in [0.29, 0.717) is 0 Å². The Labute approximate surface area is 112 Å². The van der Waals surface area contributed by atoms with Gasteiger partial charge in [0.2, 0.25) is 5.88 Å². The highest BCUT2D eigenvalue weighted by atomic mass is 19.1. The van der Waals surface area contributed by atoms with Gasteiger partial charge in [0, 0.05) is 6.20 Å². The number of primary amides is 1. The second-order valence-electron chi connectivity index (χ2n) is 3.74. The van der Waals surface area contributed by atoms with Crippen LogP contribution in [0, 0.1) is 5.82 Å². The van der Waals surface area contributed by atoms with Crippen LogP contribution in [0.5, 0.6) is 11.6 Å². The van der Waals surface area contributed by atoms with E-state index in [2.05, 4.69) is 4.98 Å². The van der Waals surface area contributed by atoms with Gasteiger partial charge in [0.15, 0.2) is 0 Å². The summed E-state index contributed by atoms with van der Waals surface area (Å²) < 4.78 is 18.8. The number of hydrogen-bond acceptors (Lipinski definition) is 4. The summed E-state index contributed by atoms with van der Waals surface area (Å²) in [7, 11) is 0. The van der Waals surface area contributed by atoms with Gasteiger partial charge in [0.25, 0.3) is 5.91 Å². The Morgan fingerprint density at radius 1 is 1.25 bits per heavy atom. The van der Waals surface area contributed by atoms with Crippen molar-refractivity contribution in [1.29, 1.82) is 0 Å². The zero-order valence-electron chi connectivity index (χ0n) is 10.0. The van der Waals surface area contributed by atoms with Gasteiger partial charge in [-0.1, -0.05) is 6.07 Å². The number of hydrogen-bond donors (Lipinski definition) is 2. The zero-order valence-corrected chi connectivity index (χ0v) is 10.0. The third-order valence-corrected chi connectivity index (χ3v) is 2.43. The average Bonchev–Trinajstić information content (AvgIpc) is 2.38. The molecule has 0 aliphatic rings. The van der Waals surface area contributed by atoms with Crippen LogP contribution in [-0.2, 0) is 0 Å². The monoisotopic (exact) mass is 276 g/mol. The normalized spacial score (nSPS) is 10.1. The lowest BCUT2D eigenvalue weighted by Gasteiger charge is -2.10. The highest BCUT2D eigenvalue weighted by molar-refractivity contribution is 5.96. The van der Waals surface area contributed by atoms with Crippen LogP contribution in [0.15, 0.2) is 36.5 Å². The first-order chi connectivity index (χ1) is 9.50. The van der Waals surface area contributed by atoms with Crippen molar-refractivity contribution in [3.8, 4) is 11.6 Å². The van der Waals surface area contributed by atoms with E-state index in [1.807, 2.05) is 0 Å². The number of nitrogens with zero attached hydrogens (tertiary/aromatic N) is 1. The molecule has 0 aliphatic carbocycles. The van der Waals surface area contributed by atoms with Crippen molar-refractivity contribution in [2.45, 2.75) is 0 Å². The third-order valence-electron chi connectivity index (χ3n) is 2.43. The predicted molar refractivity (Wildman–Crippen MR) is 66.2 cm³/mol. The number of rotatable bonds is 4. The van der Waals surface area contributed by atoms with Gasteiger partial charge < -0.3 is 15.6 Å². The summed E-state index contributed by atoms with van der Waals surface area (Å²) in [5.74, 6) is -3.59. The summed E-state index contributed by atoms with van der Waals surface area (Å²) in [5.41, 5.74) is 4.39. The van der Waals surface area contributed by atoms with E-state index < -0.39 is 23.3 Å². The molecule has 0 atom stereocenters. The van der Waals surface area contributed by atoms with Crippen LogP contribution in [0.4, 0.5) is 4.39 Å². The number of nitrogens with two attached hydrogens (primary N) is 1. The van der Waals surface area contributed by atoms with Crippen LogP contribution in [-0.4, -0.2) is 22.0 Å². The zero-order chi connectivity index (χ0) is 14.7. The van der Waals surface area contributed by atoms with E-state index in [1.54, 1.807) is 0 Å². The quantitative estimate of drug-likeness (QED) is 0.886. The van der Waals surface area contributed by atoms with E-state index in [4.69, 9.17) is 15.6 Å². The molecule has 0 saturated heterocycles. The lowest BCUT2D eigenvalue weighted by Crippen LogP contribution is -2.15. The molecule has 6 nitrogen and oxygen atoms in total. The van der Waals surface area contributed by atoms with Crippen molar-refractivity contribution in [2.24, 2.45) is 5.73 Å². The molecule has 1 aromatic heterocycles. The Bertz CT molecular complexity index is 688. The largest absolute Gasteiger partial charge is 0.477 e. The molecule has 0 unspecified atom stereocenters. The molecule has 1 heterocycles. The molecule has 0 spiro atoms. The summed E-state index contributed by atoms with van der Waals surface area (Å²) in [4.78, 5) is 26.0. The molecule has 0 saturated carbocycles. The Hall–Kier alpha value is -2.96. The molecule has 1 amide bonds. The first-order valence-electron chi connectivity index (χ1n) is 5.45. The van der Waals surface area contributed by atoms with Gasteiger partial charge in [-0.3, -0.25) is 4.79 Å². The highest BCUT2D eigenvalue weighted by Gasteiger charge is 2.19.